The second-order valence-electron chi connectivity index (χ2n) is 3.69. The van der Waals surface area contributed by atoms with E-state index in [0.29, 0.717) is 6.42 Å². The van der Waals surface area contributed by atoms with Gasteiger partial charge in [0, 0.05) is 17.7 Å². The van der Waals surface area contributed by atoms with Crippen molar-refractivity contribution >= 4 is 5.69 Å². The van der Waals surface area contributed by atoms with Crippen molar-refractivity contribution in [1.82, 2.24) is 0 Å². The Morgan fingerprint density at radius 1 is 1.53 bits per heavy atom. The first kappa shape index (κ1) is 11.7. The van der Waals surface area contributed by atoms with Crippen molar-refractivity contribution in [2.24, 2.45) is 5.73 Å². The molecule has 0 heterocycles. The fraction of sp³-hybridized carbons (Fsp3) is 0.455. The Morgan fingerprint density at radius 2 is 2.20 bits per heavy atom. The third-order valence-corrected chi connectivity index (χ3v) is 2.62. The highest BCUT2D eigenvalue weighted by Gasteiger charge is 2.14. The lowest BCUT2D eigenvalue weighted by molar-refractivity contribution is -0.385. The summed E-state index contributed by atoms with van der Waals surface area (Å²) in [5.74, 6) is 0. The highest BCUT2D eigenvalue weighted by molar-refractivity contribution is 5.44. The van der Waals surface area contributed by atoms with Crippen LogP contribution < -0.4 is 5.73 Å². The van der Waals surface area contributed by atoms with Crippen LogP contribution in [0.4, 0.5) is 5.69 Å². The van der Waals surface area contributed by atoms with E-state index in [1.807, 2.05) is 13.0 Å². The summed E-state index contributed by atoms with van der Waals surface area (Å²) in [6.07, 6.45) is 1.58. The number of nitro groups is 1. The molecule has 4 heteroatoms. The Hall–Kier alpha value is -1.42. The standard InChI is InChI=1S/C11H16N2O2/c1-3-10(12)7-9-5-4-6-11(8(9)2)13(14)15/h4-6,10H,3,7,12H2,1-2H3. The first-order valence-corrected chi connectivity index (χ1v) is 5.04. The quantitative estimate of drug-likeness (QED) is 0.609. The van der Waals surface area contributed by atoms with Gasteiger partial charge in [0.15, 0.2) is 0 Å². The van der Waals surface area contributed by atoms with Crippen LogP contribution in [0.25, 0.3) is 0 Å². The molecule has 4 nitrogen and oxygen atoms in total. The third-order valence-electron chi connectivity index (χ3n) is 2.62. The van der Waals surface area contributed by atoms with E-state index < -0.39 is 0 Å². The molecule has 2 N–H and O–H groups in total. The number of nitrogens with two attached hydrogens (primary N) is 1. The first-order valence-electron chi connectivity index (χ1n) is 5.04. The number of hydrogen-bond donors (Lipinski definition) is 1. The van der Waals surface area contributed by atoms with E-state index in [0.717, 1.165) is 17.5 Å². The maximum atomic E-state index is 10.7. The van der Waals surface area contributed by atoms with Gasteiger partial charge in [0.1, 0.15) is 0 Å². The molecule has 0 aromatic heterocycles. The molecule has 0 aliphatic rings. The highest BCUT2D eigenvalue weighted by Crippen LogP contribution is 2.22. The fourth-order valence-corrected chi connectivity index (χ4v) is 1.52. The van der Waals surface area contributed by atoms with Gasteiger partial charge in [-0.2, -0.15) is 0 Å². The van der Waals surface area contributed by atoms with Gasteiger partial charge in [0.2, 0.25) is 0 Å². The lowest BCUT2D eigenvalue weighted by Crippen LogP contribution is -2.21. The molecule has 0 saturated carbocycles. The van der Waals surface area contributed by atoms with Gasteiger partial charge in [-0.25, -0.2) is 0 Å². The van der Waals surface area contributed by atoms with Gasteiger partial charge < -0.3 is 5.73 Å². The predicted molar refractivity (Wildman–Crippen MR) is 59.8 cm³/mol. The third kappa shape index (κ3) is 2.76. The van der Waals surface area contributed by atoms with Crippen LogP contribution in [0.15, 0.2) is 18.2 Å². The Kier molecular flexibility index (Phi) is 3.80. The molecule has 1 atom stereocenters. The van der Waals surface area contributed by atoms with Crippen molar-refractivity contribution in [3.8, 4) is 0 Å². The predicted octanol–water partition coefficient (Wildman–Crippen LogP) is 2.18. The zero-order chi connectivity index (χ0) is 11.4. The van der Waals surface area contributed by atoms with Gasteiger partial charge >= 0.3 is 0 Å². The smallest absolute Gasteiger partial charge is 0.272 e. The molecule has 15 heavy (non-hydrogen) atoms. The average molecular weight is 208 g/mol. The van der Waals surface area contributed by atoms with Gasteiger partial charge in [-0.3, -0.25) is 10.1 Å². The molecular formula is C11H16N2O2. The summed E-state index contributed by atoms with van der Waals surface area (Å²) < 4.78 is 0. The monoisotopic (exact) mass is 208 g/mol. The second-order valence-corrected chi connectivity index (χ2v) is 3.69. The van der Waals surface area contributed by atoms with Crippen LogP contribution in [0.3, 0.4) is 0 Å². The van der Waals surface area contributed by atoms with E-state index in [1.165, 1.54) is 6.07 Å². The number of benzene rings is 1. The minimum Gasteiger partial charge on any atom is -0.327 e. The molecule has 1 aromatic rings. The van der Waals surface area contributed by atoms with Crippen molar-refractivity contribution in [1.29, 1.82) is 0 Å². The van der Waals surface area contributed by atoms with Gasteiger partial charge in [0.25, 0.3) is 5.69 Å². The number of nitrogens with zero attached hydrogens (tertiary/aromatic N) is 1. The van der Waals surface area contributed by atoms with E-state index in [1.54, 1.807) is 13.0 Å². The Labute approximate surface area is 89.2 Å². The second kappa shape index (κ2) is 4.89. The van der Waals surface area contributed by atoms with Crippen molar-refractivity contribution in [3.05, 3.63) is 39.4 Å². The number of nitro benzene ring substituents is 1. The summed E-state index contributed by atoms with van der Waals surface area (Å²) in [5, 5.41) is 10.7. The minimum absolute atomic E-state index is 0.0747. The van der Waals surface area contributed by atoms with Crippen LogP contribution in [-0.4, -0.2) is 11.0 Å². The van der Waals surface area contributed by atoms with Crippen LogP contribution in [0.1, 0.15) is 24.5 Å². The summed E-state index contributed by atoms with van der Waals surface area (Å²) in [5.41, 5.74) is 7.71. The number of rotatable bonds is 4. The van der Waals surface area contributed by atoms with Gasteiger partial charge in [-0.05, 0) is 25.3 Å². The molecule has 0 saturated heterocycles. The van der Waals surface area contributed by atoms with Crippen LogP contribution in [0.5, 0.6) is 0 Å². The van der Waals surface area contributed by atoms with Gasteiger partial charge in [0.05, 0.1) is 4.92 Å². The van der Waals surface area contributed by atoms with Gasteiger partial charge in [-0.15, -0.1) is 0 Å². The summed E-state index contributed by atoms with van der Waals surface area (Å²) in [4.78, 5) is 10.4. The Bertz CT molecular complexity index is 364. The van der Waals surface area contributed by atoms with E-state index >= 15 is 0 Å². The largest absolute Gasteiger partial charge is 0.327 e. The zero-order valence-corrected chi connectivity index (χ0v) is 9.06. The van der Waals surface area contributed by atoms with Crippen molar-refractivity contribution in [3.63, 3.8) is 0 Å². The highest BCUT2D eigenvalue weighted by atomic mass is 16.6. The summed E-state index contributed by atoms with van der Waals surface area (Å²) in [6, 6.07) is 5.21. The van der Waals surface area contributed by atoms with Crippen LogP contribution in [-0.2, 0) is 6.42 Å². The van der Waals surface area contributed by atoms with Gasteiger partial charge in [-0.1, -0.05) is 19.1 Å². The molecule has 1 aromatic carbocycles. The van der Waals surface area contributed by atoms with Crippen molar-refractivity contribution < 1.29 is 4.92 Å². The molecule has 0 radical (unpaired) electrons. The first-order chi connectivity index (χ1) is 7.06. The molecule has 0 amide bonds. The fourth-order valence-electron chi connectivity index (χ4n) is 1.52. The molecule has 0 bridgehead atoms. The minimum atomic E-state index is -0.351. The van der Waals surface area contributed by atoms with E-state index in [-0.39, 0.29) is 16.7 Å². The SMILES string of the molecule is CCC(N)Cc1cccc([N+](=O)[O-])c1C. The van der Waals surface area contributed by atoms with Crippen LogP contribution in [0, 0.1) is 17.0 Å². The van der Waals surface area contributed by atoms with Crippen molar-refractivity contribution in [2.75, 3.05) is 0 Å². The lowest BCUT2D eigenvalue weighted by Gasteiger charge is -2.10. The van der Waals surface area contributed by atoms with E-state index in [4.69, 9.17) is 5.73 Å². The van der Waals surface area contributed by atoms with Crippen molar-refractivity contribution in [2.45, 2.75) is 32.7 Å². The molecule has 0 fully saturated rings. The Morgan fingerprint density at radius 3 is 2.73 bits per heavy atom. The molecule has 0 spiro atoms. The topological polar surface area (TPSA) is 69.2 Å². The Balaban J connectivity index is 2.99. The molecular weight excluding hydrogens is 192 g/mol. The molecule has 82 valence electrons. The normalized spacial score (nSPS) is 12.5. The van der Waals surface area contributed by atoms with Crippen LogP contribution >= 0.6 is 0 Å². The molecule has 1 rings (SSSR count). The average Bonchev–Trinajstić information content (AvgIpc) is 2.20. The summed E-state index contributed by atoms with van der Waals surface area (Å²) >= 11 is 0. The van der Waals surface area contributed by atoms with E-state index in [2.05, 4.69) is 0 Å². The number of hydrogen-bond acceptors (Lipinski definition) is 3. The molecule has 0 aliphatic heterocycles. The lowest BCUT2D eigenvalue weighted by atomic mass is 9.99. The van der Waals surface area contributed by atoms with Crippen LogP contribution in [0.2, 0.25) is 0 Å². The maximum absolute atomic E-state index is 10.7. The van der Waals surface area contributed by atoms with E-state index in [9.17, 15) is 10.1 Å². The summed E-state index contributed by atoms with van der Waals surface area (Å²) in [6.45, 7) is 3.78. The maximum Gasteiger partial charge on any atom is 0.272 e. The summed E-state index contributed by atoms with van der Waals surface area (Å²) in [7, 11) is 0. The molecule has 0 aliphatic carbocycles. The zero-order valence-electron chi connectivity index (χ0n) is 9.06. The molecule has 1 unspecified atom stereocenters.